The van der Waals surface area contributed by atoms with Gasteiger partial charge < -0.3 is 0 Å². The van der Waals surface area contributed by atoms with Crippen LogP contribution < -0.4 is 4.72 Å². The van der Waals surface area contributed by atoms with E-state index in [1.807, 2.05) is 57.8 Å². The zero-order valence-electron chi connectivity index (χ0n) is 12.1. The second-order valence-electron chi connectivity index (χ2n) is 5.77. The van der Waals surface area contributed by atoms with Gasteiger partial charge in [-0.25, -0.2) is 8.93 Å². The molecule has 2 aromatic rings. The van der Waals surface area contributed by atoms with Gasteiger partial charge in [0, 0.05) is 18.5 Å². The Bertz CT molecular complexity index is 613. The molecule has 0 unspecified atom stereocenters. The minimum atomic E-state index is -1.08. The maximum atomic E-state index is 12.2. The van der Waals surface area contributed by atoms with Crippen LogP contribution in [0.25, 0.3) is 10.9 Å². The van der Waals surface area contributed by atoms with E-state index in [-0.39, 0.29) is 10.8 Å². The number of nitrogens with zero attached hydrogens (tertiary/aromatic N) is 2. The van der Waals surface area contributed by atoms with Gasteiger partial charge in [-0.15, -0.1) is 0 Å². The molecule has 104 valence electrons. The molecular weight excluding hydrogens is 258 g/mol. The van der Waals surface area contributed by atoms with Gasteiger partial charge in [0.15, 0.2) is 0 Å². The van der Waals surface area contributed by atoms with E-state index < -0.39 is 11.0 Å². The summed E-state index contributed by atoms with van der Waals surface area (Å²) >= 11 is 0. The van der Waals surface area contributed by atoms with Gasteiger partial charge in [0.1, 0.15) is 0 Å². The Hall–Kier alpha value is -1.20. The van der Waals surface area contributed by atoms with Crippen molar-refractivity contribution in [3.63, 3.8) is 0 Å². The molecule has 19 heavy (non-hydrogen) atoms. The number of benzene rings is 1. The summed E-state index contributed by atoms with van der Waals surface area (Å²) in [4.78, 5) is 0. The Kier molecular flexibility index (Phi) is 3.78. The summed E-state index contributed by atoms with van der Waals surface area (Å²) in [6.07, 6.45) is 1.86. The first kappa shape index (κ1) is 14.2. The van der Waals surface area contributed by atoms with Crippen molar-refractivity contribution in [3.8, 4) is 0 Å². The lowest BCUT2D eigenvalue weighted by Gasteiger charge is -2.22. The first-order valence-corrected chi connectivity index (χ1v) is 7.54. The van der Waals surface area contributed by atoms with Gasteiger partial charge in [-0.05, 0) is 39.3 Å². The molecular formula is C14H21N3OS. The summed E-state index contributed by atoms with van der Waals surface area (Å²) < 4.78 is 16.9. The summed E-state index contributed by atoms with van der Waals surface area (Å²) in [5.74, 6) is 0. The van der Waals surface area contributed by atoms with Crippen LogP contribution in [0, 0.1) is 0 Å². The van der Waals surface area contributed by atoms with E-state index in [0.29, 0.717) is 0 Å². The normalized spacial score (nSPS) is 15.6. The molecule has 0 bridgehead atoms. The van der Waals surface area contributed by atoms with Gasteiger partial charge >= 0.3 is 0 Å². The third-order valence-electron chi connectivity index (χ3n) is 3.13. The average Bonchev–Trinajstić information content (AvgIpc) is 2.70. The van der Waals surface area contributed by atoms with E-state index in [1.165, 1.54) is 0 Å². The molecule has 0 aliphatic rings. The van der Waals surface area contributed by atoms with Crippen LogP contribution >= 0.6 is 0 Å². The number of fused-ring (bicyclic) bond motifs is 1. The summed E-state index contributed by atoms with van der Waals surface area (Å²) in [5, 5.41) is 5.39. The summed E-state index contributed by atoms with van der Waals surface area (Å²) in [5.41, 5.74) is 2.22. The molecule has 0 spiro atoms. The average molecular weight is 279 g/mol. The van der Waals surface area contributed by atoms with Crippen LogP contribution in [0.4, 0.5) is 0 Å². The maximum absolute atomic E-state index is 12.2. The van der Waals surface area contributed by atoms with Gasteiger partial charge in [-0.1, -0.05) is 12.1 Å². The van der Waals surface area contributed by atoms with E-state index in [0.717, 1.165) is 16.5 Å². The maximum Gasteiger partial charge on any atom is 0.0975 e. The lowest BCUT2D eigenvalue weighted by atomic mass is 10.1. The molecule has 1 aromatic carbocycles. The highest BCUT2D eigenvalue weighted by Gasteiger charge is 2.22. The fourth-order valence-electron chi connectivity index (χ4n) is 1.98. The molecule has 1 aromatic heterocycles. The van der Waals surface area contributed by atoms with Crippen molar-refractivity contribution in [1.29, 1.82) is 0 Å². The Morgan fingerprint density at radius 2 is 2.05 bits per heavy atom. The van der Waals surface area contributed by atoms with Crippen molar-refractivity contribution < 1.29 is 4.21 Å². The fourth-order valence-corrected chi connectivity index (χ4v) is 2.78. The van der Waals surface area contributed by atoms with E-state index in [2.05, 4.69) is 15.9 Å². The second-order valence-corrected chi connectivity index (χ2v) is 7.77. The zero-order valence-corrected chi connectivity index (χ0v) is 12.9. The van der Waals surface area contributed by atoms with E-state index in [1.54, 1.807) is 0 Å². The number of nitrogens with one attached hydrogen (secondary N) is 1. The number of aromatic nitrogens is 2. The largest absolute Gasteiger partial charge is 0.268 e. The SMILES string of the molecule is C[C@@H](N[S@](=O)C(C)(C)C)c1cccc2c1cnn2C. The third kappa shape index (κ3) is 2.87. The molecule has 5 heteroatoms. The molecule has 1 N–H and O–H groups in total. The van der Waals surface area contributed by atoms with Crippen molar-refractivity contribution in [3.05, 3.63) is 30.0 Å². The molecule has 0 amide bonds. The van der Waals surface area contributed by atoms with Crippen LogP contribution in [0.3, 0.4) is 0 Å². The van der Waals surface area contributed by atoms with E-state index in [4.69, 9.17) is 0 Å². The smallest absolute Gasteiger partial charge is 0.0975 e. The highest BCUT2D eigenvalue weighted by atomic mass is 32.2. The monoisotopic (exact) mass is 279 g/mol. The van der Waals surface area contributed by atoms with Crippen molar-refractivity contribution in [2.45, 2.75) is 38.5 Å². The predicted octanol–water partition coefficient (Wildman–Crippen LogP) is 2.69. The Balaban J connectivity index is 2.32. The molecule has 0 fully saturated rings. The standard InChI is InChI=1S/C14H21N3OS/c1-10(16-19(18)14(2,3)4)11-7-6-8-13-12(11)9-15-17(13)5/h6-10,16H,1-5H3/t10-,19-/m1/s1. The fraction of sp³-hybridized carbons (Fsp3) is 0.500. The van der Waals surface area contributed by atoms with Crippen molar-refractivity contribution in [2.75, 3.05) is 0 Å². The molecule has 0 saturated carbocycles. The topological polar surface area (TPSA) is 46.9 Å². The molecule has 4 nitrogen and oxygen atoms in total. The number of rotatable bonds is 3. The van der Waals surface area contributed by atoms with Crippen LogP contribution in [-0.4, -0.2) is 18.7 Å². The minimum absolute atomic E-state index is 0.0213. The zero-order chi connectivity index (χ0) is 14.2. The molecule has 2 atom stereocenters. The Labute approximate surface area is 116 Å². The third-order valence-corrected chi connectivity index (χ3v) is 4.81. The van der Waals surface area contributed by atoms with Crippen LogP contribution in [0.15, 0.2) is 24.4 Å². The van der Waals surface area contributed by atoms with Crippen LogP contribution in [0.1, 0.15) is 39.3 Å². The first-order chi connectivity index (χ1) is 8.80. The number of hydrogen-bond acceptors (Lipinski definition) is 2. The van der Waals surface area contributed by atoms with Gasteiger partial charge in [-0.2, -0.15) is 5.10 Å². The van der Waals surface area contributed by atoms with Crippen molar-refractivity contribution in [1.82, 2.24) is 14.5 Å². The molecule has 1 heterocycles. The molecule has 0 aliphatic carbocycles. The van der Waals surface area contributed by atoms with Gasteiger partial charge in [0.05, 0.1) is 27.4 Å². The molecule has 0 aliphatic heterocycles. The molecule has 2 rings (SSSR count). The number of hydrogen-bond donors (Lipinski definition) is 1. The Morgan fingerprint density at radius 1 is 1.37 bits per heavy atom. The quantitative estimate of drug-likeness (QED) is 0.939. The van der Waals surface area contributed by atoms with Crippen LogP contribution in [0.5, 0.6) is 0 Å². The molecule has 0 saturated heterocycles. The van der Waals surface area contributed by atoms with Crippen LogP contribution in [-0.2, 0) is 18.0 Å². The summed E-state index contributed by atoms with van der Waals surface area (Å²) in [6.45, 7) is 7.93. The molecule has 0 radical (unpaired) electrons. The lowest BCUT2D eigenvalue weighted by Crippen LogP contribution is -2.34. The lowest BCUT2D eigenvalue weighted by molar-refractivity contribution is 0.617. The second kappa shape index (κ2) is 5.06. The summed E-state index contributed by atoms with van der Waals surface area (Å²) in [6, 6.07) is 6.13. The van der Waals surface area contributed by atoms with Crippen LogP contribution in [0.2, 0.25) is 0 Å². The minimum Gasteiger partial charge on any atom is -0.268 e. The highest BCUT2D eigenvalue weighted by molar-refractivity contribution is 7.84. The van der Waals surface area contributed by atoms with Gasteiger partial charge in [-0.3, -0.25) is 4.68 Å². The van der Waals surface area contributed by atoms with Gasteiger partial charge in [0.2, 0.25) is 0 Å². The highest BCUT2D eigenvalue weighted by Crippen LogP contribution is 2.24. The van der Waals surface area contributed by atoms with E-state index >= 15 is 0 Å². The van der Waals surface area contributed by atoms with Gasteiger partial charge in [0.25, 0.3) is 0 Å². The van der Waals surface area contributed by atoms with Crippen molar-refractivity contribution in [2.24, 2.45) is 7.05 Å². The van der Waals surface area contributed by atoms with Crippen molar-refractivity contribution >= 4 is 21.9 Å². The first-order valence-electron chi connectivity index (χ1n) is 6.39. The predicted molar refractivity (Wildman–Crippen MR) is 80.2 cm³/mol. The number of aryl methyl sites for hydroxylation is 1. The van der Waals surface area contributed by atoms with E-state index in [9.17, 15) is 4.21 Å². The summed E-state index contributed by atoms with van der Waals surface area (Å²) in [7, 11) is 0.847. The Morgan fingerprint density at radius 3 is 2.68 bits per heavy atom.